The number of Topliss-reactive ketones (excluding diaryl/α,β-unsaturated/α-hetero) is 1. The molecule has 6 nitrogen and oxygen atoms in total. The number of aryl methyl sites for hydroxylation is 2. The maximum atomic E-state index is 13.0. The Hall–Kier alpha value is -3.09. The number of hydrogen-bond donors (Lipinski definition) is 1. The number of aromatic hydroxyl groups is 1. The van der Waals surface area contributed by atoms with E-state index in [1.54, 1.807) is 13.8 Å². The van der Waals surface area contributed by atoms with Gasteiger partial charge in [-0.25, -0.2) is 4.98 Å². The Morgan fingerprint density at radius 3 is 2.03 bits per heavy atom. The first kappa shape index (κ1) is 27.5. The highest BCUT2D eigenvalue weighted by atomic mass is 35.5. The lowest BCUT2D eigenvalue weighted by atomic mass is 9.86. The lowest BCUT2D eigenvalue weighted by Crippen LogP contribution is -2.28. The second kappa shape index (κ2) is 11.8. The smallest absolute Gasteiger partial charge is 0.309 e. The van der Waals surface area contributed by atoms with Gasteiger partial charge in [0.1, 0.15) is 6.10 Å². The van der Waals surface area contributed by atoms with Crippen LogP contribution >= 0.6 is 23.2 Å². The van der Waals surface area contributed by atoms with Gasteiger partial charge >= 0.3 is 5.97 Å². The van der Waals surface area contributed by atoms with Gasteiger partial charge in [-0.05, 0) is 55.2 Å². The summed E-state index contributed by atoms with van der Waals surface area (Å²) in [6, 6.07) is 12.9. The van der Waals surface area contributed by atoms with Gasteiger partial charge in [-0.15, -0.1) is 0 Å². The molecule has 1 aromatic heterocycles. The molecule has 1 heterocycles. The molecule has 3 aromatic rings. The second-order valence-electron chi connectivity index (χ2n) is 8.88. The number of carbonyl (C=O) groups excluding carboxylic acids is 2. The Morgan fingerprint density at radius 2 is 1.53 bits per heavy atom. The summed E-state index contributed by atoms with van der Waals surface area (Å²) in [5, 5.41) is 11.4. The highest BCUT2D eigenvalue weighted by molar-refractivity contribution is 6.31. The van der Waals surface area contributed by atoms with E-state index in [1.165, 1.54) is 19.4 Å². The third kappa shape index (κ3) is 6.18. The Kier molecular flexibility index (Phi) is 8.98. The van der Waals surface area contributed by atoms with Gasteiger partial charge in [-0.1, -0.05) is 54.4 Å². The number of rotatable bonds is 9. The minimum absolute atomic E-state index is 0.133. The normalized spacial score (nSPS) is 12.8. The highest BCUT2D eigenvalue weighted by Gasteiger charge is 2.29. The number of methoxy groups -OCH3 is 1. The van der Waals surface area contributed by atoms with Crippen LogP contribution in [0.4, 0.5) is 0 Å². The predicted molar refractivity (Wildman–Crippen MR) is 140 cm³/mol. The molecule has 8 heteroatoms. The maximum absolute atomic E-state index is 13.0. The van der Waals surface area contributed by atoms with Crippen LogP contribution in [0.25, 0.3) is 0 Å². The van der Waals surface area contributed by atoms with Crippen LogP contribution in [-0.2, 0) is 9.53 Å². The lowest BCUT2D eigenvalue weighted by Gasteiger charge is -2.27. The molecule has 1 N–H and O–H groups in total. The minimum Gasteiger partial charge on any atom is -0.503 e. The van der Waals surface area contributed by atoms with Crippen molar-refractivity contribution in [3.63, 3.8) is 0 Å². The van der Waals surface area contributed by atoms with Crippen molar-refractivity contribution >= 4 is 35.0 Å². The molecule has 36 heavy (non-hydrogen) atoms. The van der Waals surface area contributed by atoms with E-state index < -0.39 is 23.8 Å². The van der Waals surface area contributed by atoms with Crippen LogP contribution in [-0.4, -0.2) is 35.1 Å². The molecule has 0 unspecified atom stereocenters. The molecular weight excluding hydrogens is 501 g/mol. The Bertz CT molecular complexity index is 1230. The Labute approximate surface area is 221 Å². The monoisotopic (exact) mass is 529 g/mol. The number of ether oxygens (including phenoxy) is 2. The maximum Gasteiger partial charge on any atom is 0.309 e. The number of carbonyl (C=O) groups is 2. The Morgan fingerprint density at radius 1 is 0.972 bits per heavy atom. The molecule has 3 rings (SSSR count). The van der Waals surface area contributed by atoms with Crippen LogP contribution in [0.15, 0.2) is 48.7 Å². The van der Waals surface area contributed by atoms with Gasteiger partial charge in [0.25, 0.3) is 0 Å². The third-order valence-corrected chi connectivity index (χ3v) is 6.96. The molecule has 190 valence electrons. The van der Waals surface area contributed by atoms with E-state index in [0.717, 1.165) is 22.3 Å². The van der Waals surface area contributed by atoms with Gasteiger partial charge in [0.15, 0.2) is 23.0 Å². The first-order valence-corrected chi connectivity index (χ1v) is 12.3. The summed E-state index contributed by atoms with van der Waals surface area (Å²) in [6.07, 6.45) is 0.591. The highest BCUT2D eigenvalue weighted by Crippen LogP contribution is 2.35. The molecule has 0 saturated carbocycles. The number of ketones is 1. The fraction of sp³-hybridized carbons (Fsp3) is 0.321. The van der Waals surface area contributed by atoms with E-state index in [9.17, 15) is 14.7 Å². The first-order chi connectivity index (χ1) is 17.0. The van der Waals surface area contributed by atoms with Gasteiger partial charge in [0.2, 0.25) is 0 Å². The van der Waals surface area contributed by atoms with Crippen molar-refractivity contribution in [3.8, 4) is 11.5 Å². The number of benzene rings is 2. The number of esters is 1. The lowest BCUT2D eigenvalue weighted by molar-refractivity contribution is -0.153. The van der Waals surface area contributed by atoms with Crippen molar-refractivity contribution in [1.82, 2.24) is 4.98 Å². The molecule has 0 fully saturated rings. The van der Waals surface area contributed by atoms with Gasteiger partial charge in [-0.2, -0.15) is 0 Å². The van der Waals surface area contributed by atoms with Gasteiger partial charge in [0.05, 0.1) is 13.0 Å². The van der Waals surface area contributed by atoms with Crippen molar-refractivity contribution in [3.05, 3.63) is 86.7 Å². The molecule has 0 saturated heterocycles. The third-order valence-electron chi connectivity index (χ3n) is 6.15. The molecule has 0 aliphatic carbocycles. The van der Waals surface area contributed by atoms with E-state index >= 15 is 0 Å². The number of nitrogens with zero attached hydrogens (tertiary/aromatic N) is 1. The van der Waals surface area contributed by atoms with Crippen LogP contribution in [0.5, 0.6) is 11.5 Å². The average Bonchev–Trinajstić information content (AvgIpc) is 2.83. The van der Waals surface area contributed by atoms with E-state index in [2.05, 4.69) is 4.98 Å². The average molecular weight is 530 g/mol. The van der Waals surface area contributed by atoms with Crippen molar-refractivity contribution < 1.29 is 24.2 Å². The van der Waals surface area contributed by atoms with Crippen LogP contribution in [0.3, 0.4) is 0 Å². The van der Waals surface area contributed by atoms with E-state index in [0.29, 0.717) is 10.0 Å². The summed E-state index contributed by atoms with van der Waals surface area (Å²) < 4.78 is 10.9. The fourth-order valence-electron chi connectivity index (χ4n) is 3.97. The molecule has 0 bridgehead atoms. The number of halogens is 2. The van der Waals surface area contributed by atoms with Crippen LogP contribution in [0.1, 0.15) is 58.9 Å². The SMILES string of the molecule is COc1ccnc(C(=O)C[C@@H](C)C(=O)O[C@@H](C)C(c2ccc(C)c(Cl)c2)c2ccc(C)c(Cl)c2)c1O. The number of pyridine rings is 1. The zero-order valence-corrected chi connectivity index (χ0v) is 22.4. The predicted octanol–water partition coefficient (Wildman–Crippen LogP) is 6.69. The summed E-state index contributed by atoms with van der Waals surface area (Å²) in [4.78, 5) is 29.7. The summed E-state index contributed by atoms with van der Waals surface area (Å²) in [6.45, 7) is 7.24. The van der Waals surface area contributed by atoms with Gasteiger partial charge in [-0.3, -0.25) is 9.59 Å². The van der Waals surface area contributed by atoms with E-state index in [4.69, 9.17) is 32.7 Å². The molecule has 2 aromatic carbocycles. The standard InChI is InChI=1S/C28H29Cl2NO5/c1-15-6-8-19(13-21(15)29)25(20-9-7-16(2)22(30)14-20)18(4)36-28(34)17(3)12-23(32)26-27(33)24(35-5)10-11-31-26/h6-11,13-14,17-18,25,33H,12H2,1-5H3/t17-,18+/m1/s1. The van der Waals surface area contributed by atoms with E-state index in [-0.39, 0.29) is 29.5 Å². The summed E-state index contributed by atoms with van der Waals surface area (Å²) in [5.74, 6) is -2.36. The molecule has 0 amide bonds. The zero-order chi connectivity index (χ0) is 26.6. The number of aromatic nitrogens is 1. The van der Waals surface area contributed by atoms with Crippen LogP contribution in [0.2, 0.25) is 10.0 Å². The van der Waals surface area contributed by atoms with Crippen molar-refractivity contribution in [2.45, 2.75) is 46.1 Å². The molecule has 0 radical (unpaired) electrons. The molecule has 0 aliphatic rings. The molecule has 2 atom stereocenters. The van der Waals surface area contributed by atoms with Crippen molar-refractivity contribution in [1.29, 1.82) is 0 Å². The van der Waals surface area contributed by atoms with Crippen molar-refractivity contribution in [2.24, 2.45) is 5.92 Å². The van der Waals surface area contributed by atoms with Gasteiger partial charge < -0.3 is 14.6 Å². The molecule has 0 aliphatic heterocycles. The number of hydrogen-bond acceptors (Lipinski definition) is 6. The second-order valence-corrected chi connectivity index (χ2v) is 9.69. The largest absolute Gasteiger partial charge is 0.503 e. The molecule has 0 spiro atoms. The van der Waals surface area contributed by atoms with Crippen LogP contribution < -0.4 is 4.74 Å². The van der Waals surface area contributed by atoms with Gasteiger partial charge in [0, 0.05) is 34.6 Å². The molecular formula is C28H29Cl2NO5. The van der Waals surface area contributed by atoms with Crippen LogP contribution in [0, 0.1) is 19.8 Å². The summed E-state index contributed by atoms with van der Waals surface area (Å²) in [5.41, 5.74) is 3.48. The summed E-state index contributed by atoms with van der Waals surface area (Å²) >= 11 is 12.8. The fourth-order valence-corrected chi connectivity index (χ4v) is 4.35. The van der Waals surface area contributed by atoms with Crippen molar-refractivity contribution in [2.75, 3.05) is 7.11 Å². The summed E-state index contributed by atoms with van der Waals surface area (Å²) in [7, 11) is 1.38. The minimum atomic E-state index is -0.767. The zero-order valence-electron chi connectivity index (χ0n) is 20.8. The quantitative estimate of drug-likeness (QED) is 0.245. The topological polar surface area (TPSA) is 85.7 Å². The first-order valence-electron chi connectivity index (χ1n) is 11.5. The Balaban J connectivity index is 1.82. The van der Waals surface area contributed by atoms with E-state index in [1.807, 2.05) is 50.2 Å².